The number of anilines is 3. The average Bonchev–Trinajstić information content (AvgIpc) is 2.97. The Morgan fingerprint density at radius 2 is 1.86 bits per heavy atom. The van der Waals surface area contributed by atoms with Crippen LogP contribution in [0.1, 0.15) is 26.5 Å². The molecule has 0 bridgehead atoms. The van der Waals surface area contributed by atoms with Crippen LogP contribution in [0.2, 0.25) is 0 Å². The number of aryl methyl sites for hydroxylation is 3. The molecule has 0 aliphatic carbocycles. The highest BCUT2D eigenvalue weighted by molar-refractivity contribution is 7.15. The molecule has 3 N–H and O–H groups in total. The summed E-state index contributed by atoms with van der Waals surface area (Å²) in [5, 5.41) is 14.9. The Balaban J connectivity index is 1.84. The molecule has 3 rings (SSSR count). The van der Waals surface area contributed by atoms with Gasteiger partial charge >= 0.3 is 5.69 Å². The molecule has 0 atom stereocenters. The van der Waals surface area contributed by atoms with Crippen molar-refractivity contribution in [1.82, 2.24) is 20.4 Å². The molecule has 0 spiro atoms. The van der Waals surface area contributed by atoms with E-state index in [9.17, 15) is 14.9 Å². The lowest BCUT2D eigenvalue weighted by molar-refractivity contribution is -0.383. The van der Waals surface area contributed by atoms with E-state index in [1.807, 2.05) is 19.9 Å². The number of benzene rings is 1. The van der Waals surface area contributed by atoms with Gasteiger partial charge in [0.2, 0.25) is 11.6 Å². The summed E-state index contributed by atoms with van der Waals surface area (Å²) in [6, 6.07) is 6.99. The highest BCUT2D eigenvalue weighted by atomic mass is 32.1. The van der Waals surface area contributed by atoms with Gasteiger partial charge in [0.1, 0.15) is 6.33 Å². The van der Waals surface area contributed by atoms with Crippen molar-refractivity contribution in [3.05, 3.63) is 62.4 Å². The molecule has 0 saturated carbocycles. The second kappa shape index (κ2) is 7.96. The van der Waals surface area contributed by atoms with Gasteiger partial charge in [0.05, 0.1) is 10.6 Å². The summed E-state index contributed by atoms with van der Waals surface area (Å²) < 4.78 is 0. The number of hydrogen-bond donors (Lipinski definition) is 3. The van der Waals surface area contributed by atoms with Crippen LogP contribution in [0.5, 0.6) is 0 Å². The van der Waals surface area contributed by atoms with Crippen molar-refractivity contribution in [3.63, 3.8) is 0 Å². The summed E-state index contributed by atoms with van der Waals surface area (Å²) in [6.07, 6.45) is 1.16. The Labute approximate surface area is 164 Å². The fraction of sp³-hybridized carbons (Fsp3) is 0.176. The lowest BCUT2D eigenvalue weighted by atomic mass is 10.1. The van der Waals surface area contributed by atoms with E-state index in [1.165, 1.54) is 11.3 Å². The molecule has 11 heteroatoms. The van der Waals surface area contributed by atoms with E-state index in [2.05, 4.69) is 31.1 Å². The molecule has 0 fully saturated rings. The topological polar surface area (TPSA) is 135 Å². The van der Waals surface area contributed by atoms with Crippen LogP contribution < -0.4 is 16.2 Å². The number of hydrogen-bond acceptors (Lipinski definition) is 9. The van der Waals surface area contributed by atoms with Gasteiger partial charge in [0.15, 0.2) is 5.13 Å². The standard InChI is InChI=1S/C17H17N7O3S/c1-9-6-4-5-7-12(9)16(25)23-22-15-13(24(26)27)14(18-8-19-15)21-17-20-10(2)11(3)28-17/h4-8H,1-3H3,(H,23,25)(H2,18,19,20,21,22). The Bertz CT molecular complexity index is 1030. The number of aromatic nitrogens is 3. The molecule has 3 aromatic rings. The molecule has 0 aliphatic heterocycles. The lowest BCUT2D eigenvalue weighted by Crippen LogP contribution is -2.30. The summed E-state index contributed by atoms with van der Waals surface area (Å²) in [5.74, 6) is -0.609. The number of amides is 1. The van der Waals surface area contributed by atoms with Crippen LogP contribution in [0, 0.1) is 30.9 Å². The average molecular weight is 399 g/mol. The molecular weight excluding hydrogens is 382 g/mol. The molecule has 0 unspecified atom stereocenters. The van der Waals surface area contributed by atoms with E-state index >= 15 is 0 Å². The van der Waals surface area contributed by atoms with Crippen molar-refractivity contribution in [3.8, 4) is 0 Å². The maximum Gasteiger partial charge on any atom is 0.355 e. The molecule has 1 aromatic carbocycles. The predicted molar refractivity (Wildman–Crippen MR) is 106 cm³/mol. The van der Waals surface area contributed by atoms with Gasteiger partial charge in [-0.3, -0.25) is 25.8 Å². The van der Waals surface area contributed by atoms with Crippen molar-refractivity contribution in [2.24, 2.45) is 0 Å². The molecule has 0 aliphatic rings. The van der Waals surface area contributed by atoms with E-state index in [-0.39, 0.29) is 11.6 Å². The number of carbonyl (C=O) groups is 1. The fourth-order valence-electron chi connectivity index (χ4n) is 2.37. The van der Waals surface area contributed by atoms with E-state index in [4.69, 9.17) is 0 Å². The van der Waals surface area contributed by atoms with Crippen LogP contribution in [0.3, 0.4) is 0 Å². The van der Waals surface area contributed by atoms with Crippen molar-refractivity contribution < 1.29 is 9.72 Å². The monoisotopic (exact) mass is 399 g/mol. The second-order valence-electron chi connectivity index (χ2n) is 5.86. The number of rotatable bonds is 6. The number of nitrogens with zero attached hydrogens (tertiary/aromatic N) is 4. The zero-order valence-electron chi connectivity index (χ0n) is 15.3. The Hall–Kier alpha value is -3.60. The third-order valence-electron chi connectivity index (χ3n) is 3.94. The fourth-order valence-corrected chi connectivity index (χ4v) is 3.19. The van der Waals surface area contributed by atoms with E-state index in [0.717, 1.165) is 22.5 Å². The van der Waals surface area contributed by atoms with Crippen LogP contribution in [0.25, 0.3) is 0 Å². The highest BCUT2D eigenvalue weighted by Crippen LogP contribution is 2.32. The van der Waals surface area contributed by atoms with Crippen LogP contribution >= 0.6 is 11.3 Å². The SMILES string of the molecule is Cc1ccccc1C(=O)NNc1ncnc(Nc2nc(C)c(C)s2)c1[N+](=O)[O-]. The first-order valence-corrected chi connectivity index (χ1v) is 9.01. The van der Waals surface area contributed by atoms with E-state index in [1.54, 1.807) is 25.1 Å². The Morgan fingerprint density at radius 1 is 1.14 bits per heavy atom. The van der Waals surface area contributed by atoms with Crippen molar-refractivity contribution in [2.75, 3.05) is 10.7 Å². The number of hydrazine groups is 1. The minimum Gasteiger partial charge on any atom is -0.310 e. The molecule has 0 radical (unpaired) electrons. The Morgan fingerprint density at radius 3 is 2.50 bits per heavy atom. The van der Waals surface area contributed by atoms with Gasteiger partial charge in [0.25, 0.3) is 5.91 Å². The molecule has 2 heterocycles. The third-order valence-corrected chi connectivity index (χ3v) is 4.93. The third kappa shape index (κ3) is 4.04. The number of nitro groups is 1. The summed E-state index contributed by atoms with van der Waals surface area (Å²) in [5.41, 5.74) is 6.58. The van der Waals surface area contributed by atoms with E-state index in [0.29, 0.717) is 10.7 Å². The summed E-state index contributed by atoms with van der Waals surface area (Å²) in [4.78, 5) is 36.4. The van der Waals surface area contributed by atoms with Crippen LogP contribution in [-0.4, -0.2) is 25.8 Å². The van der Waals surface area contributed by atoms with Crippen LogP contribution in [0.4, 0.5) is 22.5 Å². The lowest BCUT2D eigenvalue weighted by Gasteiger charge is -2.11. The molecule has 10 nitrogen and oxygen atoms in total. The number of nitrogens with one attached hydrogen (secondary N) is 3. The second-order valence-corrected chi connectivity index (χ2v) is 7.06. The predicted octanol–water partition coefficient (Wildman–Crippen LogP) is 3.27. The molecule has 144 valence electrons. The normalized spacial score (nSPS) is 10.4. The molecule has 28 heavy (non-hydrogen) atoms. The zero-order valence-corrected chi connectivity index (χ0v) is 16.1. The number of carbonyl (C=O) groups excluding carboxylic acids is 1. The van der Waals surface area contributed by atoms with Crippen LogP contribution in [-0.2, 0) is 0 Å². The van der Waals surface area contributed by atoms with Crippen LogP contribution in [0.15, 0.2) is 30.6 Å². The van der Waals surface area contributed by atoms with Gasteiger partial charge in [-0.25, -0.2) is 15.0 Å². The smallest absolute Gasteiger partial charge is 0.310 e. The van der Waals surface area contributed by atoms with Crippen molar-refractivity contribution >= 4 is 39.7 Å². The minimum atomic E-state index is -0.627. The van der Waals surface area contributed by atoms with Gasteiger partial charge in [-0.15, -0.1) is 11.3 Å². The summed E-state index contributed by atoms with van der Waals surface area (Å²) in [7, 11) is 0. The van der Waals surface area contributed by atoms with Gasteiger partial charge in [-0.1, -0.05) is 18.2 Å². The first-order valence-electron chi connectivity index (χ1n) is 8.19. The zero-order chi connectivity index (χ0) is 20.3. The first-order chi connectivity index (χ1) is 13.4. The first kappa shape index (κ1) is 19.2. The maximum atomic E-state index is 12.3. The maximum absolute atomic E-state index is 12.3. The van der Waals surface area contributed by atoms with Gasteiger partial charge in [0, 0.05) is 10.4 Å². The largest absolute Gasteiger partial charge is 0.355 e. The highest BCUT2D eigenvalue weighted by Gasteiger charge is 2.24. The molecule has 2 aromatic heterocycles. The molecule has 1 amide bonds. The quantitative estimate of drug-likeness (QED) is 0.424. The van der Waals surface area contributed by atoms with Gasteiger partial charge < -0.3 is 5.32 Å². The molecular formula is C17H17N7O3S. The van der Waals surface area contributed by atoms with E-state index < -0.39 is 16.5 Å². The number of thiazole rings is 1. The Kier molecular flexibility index (Phi) is 5.45. The summed E-state index contributed by atoms with van der Waals surface area (Å²) in [6.45, 7) is 5.54. The van der Waals surface area contributed by atoms with Crippen molar-refractivity contribution in [1.29, 1.82) is 0 Å². The van der Waals surface area contributed by atoms with Gasteiger partial charge in [-0.2, -0.15) is 0 Å². The minimum absolute atomic E-state index is 0.0265. The summed E-state index contributed by atoms with van der Waals surface area (Å²) >= 11 is 1.36. The van der Waals surface area contributed by atoms with Crippen molar-refractivity contribution in [2.45, 2.75) is 20.8 Å². The van der Waals surface area contributed by atoms with Gasteiger partial charge in [-0.05, 0) is 32.4 Å². The molecule has 0 saturated heterocycles.